The second-order valence-corrected chi connectivity index (χ2v) is 8.10. The zero-order valence-electron chi connectivity index (χ0n) is 17.6. The molecule has 7 nitrogen and oxygen atoms in total. The van der Waals surface area contributed by atoms with Gasteiger partial charge in [-0.2, -0.15) is 0 Å². The molecule has 1 rings (SSSR count). The summed E-state index contributed by atoms with van der Waals surface area (Å²) in [5.74, 6) is -0.806. The molecule has 0 unspecified atom stereocenters. The van der Waals surface area contributed by atoms with Gasteiger partial charge >= 0.3 is 12.1 Å². The van der Waals surface area contributed by atoms with E-state index in [4.69, 9.17) is 9.47 Å². The lowest BCUT2D eigenvalue weighted by molar-refractivity contribution is -0.145. The average Bonchev–Trinajstić information content (AvgIpc) is 2.58. The predicted octanol–water partition coefficient (Wildman–Crippen LogP) is 2.83. The third kappa shape index (κ3) is 8.88. The van der Waals surface area contributed by atoms with Gasteiger partial charge in [-0.3, -0.25) is 4.79 Å². The number of hydrogen-bond donors (Lipinski definition) is 2. The number of nitrogens with one attached hydrogen (secondary N) is 2. The lowest BCUT2D eigenvalue weighted by atomic mass is 10.0. The van der Waals surface area contributed by atoms with Gasteiger partial charge in [0.2, 0.25) is 5.91 Å². The summed E-state index contributed by atoms with van der Waals surface area (Å²) in [6.07, 6.45) is 0.00627. The van der Waals surface area contributed by atoms with Gasteiger partial charge in [0.1, 0.15) is 17.7 Å². The van der Waals surface area contributed by atoms with Gasteiger partial charge in [0.15, 0.2) is 0 Å². The summed E-state index contributed by atoms with van der Waals surface area (Å²) in [7, 11) is 1.28. The fourth-order valence-corrected chi connectivity index (χ4v) is 2.61. The minimum atomic E-state index is -0.892. The van der Waals surface area contributed by atoms with E-state index >= 15 is 0 Å². The van der Waals surface area contributed by atoms with Gasteiger partial charge in [0.05, 0.1) is 7.11 Å². The summed E-state index contributed by atoms with van der Waals surface area (Å²) < 4.78 is 10.1. The van der Waals surface area contributed by atoms with E-state index in [1.165, 1.54) is 7.11 Å². The molecule has 0 aromatic heterocycles. The van der Waals surface area contributed by atoms with Crippen LogP contribution in [0.3, 0.4) is 0 Å². The van der Waals surface area contributed by atoms with Crippen molar-refractivity contribution in [3.05, 3.63) is 35.9 Å². The van der Waals surface area contributed by atoms with Crippen molar-refractivity contribution in [3.8, 4) is 0 Å². The number of benzene rings is 1. The van der Waals surface area contributed by atoms with Crippen molar-refractivity contribution < 1.29 is 23.9 Å². The van der Waals surface area contributed by atoms with E-state index in [-0.39, 0.29) is 12.3 Å². The van der Waals surface area contributed by atoms with Gasteiger partial charge in [-0.25, -0.2) is 9.59 Å². The molecule has 0 aliphatic rings. The molecule has 2 amide bonds. The number of hydrogen-bond acceptors (Lipinski definition) is 5. The van der Waals surface area contributed by atoms with Crippen molar-refractivity contribution >= 4 is 18.0 Å². The third-order valence-electron chi connectivity index (χ3n) is 3.80. The maximum atomic E-state index is 12.9. The molecule has 0 radical (unpaired) electrons. The van der Waals surface area contributed by atoms with Crippen LogP contribution in [-0.2, 0) is 25.5 Å². The highest BCUT2D eigenvalue weighted by Crippen LogP contribution is 2.10. The first-order chi connectivity index (χ1) is 13.0. The fraction of sp³-hybridized carbons (Fsp3) is 0.571. The van der Waals surface area contributed by atoms with E-state index < -0.39 is 35.7 Å². The molecule has 0 spiro atoms. The molecule has 1 aromatic carbocycles. The molecular formula is C21H32N2O5. The number of carbonyl (C=O) groups excluding carboxylic acids is 3. The minimum Gasteiger partial charge on any atom is -0.467 e. The van der Waals surface area contributed by atoms with Crippen molar-refractivity contribution in [1.82, 2.24) is 10.6 Å². The van der Waals surface area contributed by atoms with E-state index in [1.54, 1.807) is 20.8 Å². The van der Waals surface area contributed by atoms with Gasteiger partial charge in [-0.05, 0) is 38.7 Å². The Morgan fingerprint density at radius 1 is 1.00 bits per heavy atom. The first-order valence-corrected chi connectivity index (χ1v) is 9.43. The molecule has 2 N–H and O–H groups in total. The standard InChI is InChI=1S/C21H32N2O5/c1-14(2)12-17(19(25)27-6)22-18(24)16(13-15-10-8-7-9-11-15)23-20(26)28-21(3,4)5/h7-11,14,16-17H,12-13H2,1-6H3,(H,22,24)(H,23,26)/t16-,17+/m0/s1. The van der Waals surface area contributed by atoms with E-state index in [0.717, 1.165) is 5.56 Å². The molecule has 0 fully saturated rings. The van der Waals surface area contributed by atoms with Crippen LogP contribution >= 0.6 is 0 Å². The Hall–Kier alpha value is -2.57. The third-order valence-corrected chi connectivity index (χ3v) is 3.80. The van der Waals surface area contributed by atoms with E-state index in [0.29, 0.717) is 6.42 Å². The summed E-state index contributed by atoms with van der Waals surface area (Å²) in [6.45, 7) is 9.13. The first kappa shape index (κ1) is 23.5. The maximum absolute atomic E-state index is 12.9. The molecule has 156 valence electrons. The van der Waals surface area contributed by atoms with Crippen LogP contribution in [0.5, 0.6) is 0 Å². The van der Waals surface area contributed by atoms with E-state index in [2.05, 4.69) is 10.6 Å². The normalized spacial score (nSPS) is 13.4. The topological polar surface area (TPSA) is 93.7 Å². The number of esters is 1. The molecule has 0 bridgehead atoms. The molecule has 0 saturated carbocycles. The lowest BCUT2D eigenvalue weighted by Gasteiger charge is -2.25. The molecular weight excluding hydrogens is 360 g/mol. The number of ether oxygens (including phenoxy) is 2. The van der Waals surface area contributed by atoms with Crippen LogP contribution in [-0.4, -0.2) is 42.8 Å². The number of alkyl carbamates (subject to hydrolysis) is 1. The summed E-state index contributed by atoms with van der Waals surface area (Å²) in [6, 6.07) is 7.64. The Morgan fingerprint density at radius 3 is 2.11 bits per heavy atom. The van der Waals surface area contributed by atoms with Crippen LogP contribution in [0.25, 0.3) is 0 Å². The molecule has 28 heavy (non-hydrogen) atoms. The Bertz CT molecular complexity index is 653. The molecule has 0 saturated heterocycles. The quantitative estimate of drug-likeness (QED) is 0.664. The summed E-state index contributed by atoms with van der Waals surface area (Å²) >= 11 is 0. The fourth-order valence-electron chi connectivity index (χ4n) is 2.61. The molecule has 0 aliphatic heterocycles. The van der Waals surface area contributed by atoms with Crippen molar-refractivity contribution in [2.24, 2.45) is 5.92 Å². The number of carbonyl (C=O) groups is 3. The Morgan fingerprint density at radius 2 is 1.61 bits per heavy atom. The van der Waals surface area contributed by atoms with Crippen LogP contribution in [0.1, 0.15) is 46.6 Å². The molecule has 0 aliphatic carbocycles. The van der Waals surface area contributed by atoms with Gasteiger partial charge in [-0.1, -0.05) is 44.2 Å². The summed E-state index contributed by atoms with van der Waals surface area (Å²) in [5, 5.41) is 5.32. The first-order valence-electron chi connectivity index (χ1n) is 9.43. The largest absolute Gasteiger partial charge is 0.467 e. The van der Waals surface area contributed by atoms with Crippen LogP contribution in [0, 0.1) is 5.92 Å². The highest BCUT2D eigenvalue weighted by Gasteiger charge is 2.29. The second kappa shape index (κ2) is 10.7. The van der Waals surface area contributed by atoms with Crippen LogP contribution in [0.15, 0.2) is 30.3 Å². The zero-order chi connectivity index (χ0) is 21.3. The highest BCUT2D eigenvalue weighted by molar-refractivity contribution is 5.89. The van der Waals surface area contributed by atoms with Crippen LogP contribution < -0.4 is 10.6 Å². The molecule has 7 heteroatoms. The maximum Gasteiger partial charge on any atom is 0.408 e. The predicted molar refractivity (Wildman–Crippen MR) is 107 cm³/mol. The minimum absolute atomic E-state index is 0.177. The lowest BCUT2D eigenvalue weighted by Crippen LogP contribution is -2.53. The molecule has 0 heterocycles. The van der Waals surface area contributed by atoms with Crippen molar-refractivity contribution in [2.45, 2.75) is 65.1 Å². The number of amides is 2. The van der Waals surface area contributed by atoms with Crippen LogP contribution in [0.4, 0.5) is 4.79 Å². The zero-order valence-corrected chi connectivity index (χ0v) is 17.6. The molecule has 2 atom stereocenters. The summed E-state index contributed by atoms with van der Waals surface area (Å²) in [4.78, 5) is 37.1. The van der Waals surface area contributed by atoms with Crippen molar-refractivity contribution in [2.75, 3.05) is 7.11 Å². The number of rotatable bonds is 8. The van der Waals surface area contributed by atoms with E-state index in [9.17, 15) is 14.4 Å². The van der Waals surface area contributed by atoms with Gasteiger partial charge in [0, 0.05) is 6.42 Å². The van der Waals surface area contributed by atoms with Crippen LogP contribution in [0.2, 0.25) is 0 Å². The summed E-state index contributed by atoms with van der Waals surface area (Å²) in [5.41, 5.74) is 0.182. The van der Waals surface area contributed by atoms with E-state index in [1.807, 2.05) is 44.2 Å². The monoisotopic (exact) mass is 392 g/mol. The number of methoxy groups -OCH3 is 1. The SMILES string of the molecule is COC(=O)[C@@H](CC(C)C)NC(=O)[C@H](Cc1ccccc1)NC(=O)OC(C)(C)C. The smallest absolute Gasteiger partial charge is 0.408 e. The Kier molecular flexibility index (Phi) is 8.96. The van der Waals surface area contributed by atoms with Gasteiger partial charge in [0.25, 0.3) is 0 Å². The van der Waals surface area contributed by atoms with Crippen molar-refractivity contribution in [1.29, 1.82) is 0 Å². The van der Waals surface area contributed by atoms with Gasteiger partial charge < -0.3 is 20.1 Å². The molecule has 1 aromatic rings. The second-order valence-electron chi connectivity index (χ2n) is 8.10. The van der Waals surface area contributed by atoms with Gasteiger partial charge in [-0.15, -0.1) is 0 Å². The highest BCUT2D eigenvalue weighted by atomic mass is 16.6. The Balaban J connectivity index is 2.95. The van der Waals surface area contributed by atoms with Crippen molar-refractivity contribution in [3.63, 3.8) is 0 Å². The Labute approximate surface area is 167 Å². The average molecular weight is 392 g/mol.